The van der Waals surface area contributed by atoms with Gasteiger partial charge in [-0.3, -0.25) is 0 Å². The topological polar surface area (TPSA) is 34.1 Å². The monoisotopic (exact) mass is 282 g/mol. The van der Waals surface area contributed by atoms with E-state index in [-0.39, 0.29) is 5.88 Å². The lowest BCUT2D eigenvalue weighted by Crippen LogP contribution is -2.19. The lowest BCUT2D eigenvalue weighted by atomic mass is 10.1. The number of hydrogen-bond donors (Lipinski definition) is 1. The van der Waals surface area contributed by atoms with Gasteiger partial charge >= 0.3 is 6.18 Å². The van der Waals surface area contributed by atoms with Crippen molar-refractivity contribution in [3.05, 3.63) is 30.5 Å². The SMILES string of the molecule is FC(F)(F)COc1nccc2c(NC3CC3)cccc12. The highest BCUT2D eigenvalue weighted by atomic mass is 19.4. The summed E-state index contributed by atoms with van der Waals surface area (Å²) >= 11 is 0. The van der Waals surface area contributed by atoms with Crippen LogP contribution >= 0.6 is 0 Å². The minimum Gasteiger partial charge on any atom is -0.468 e. The Kier molecular flexibility index (Phi) is 3.16. The molecule has 0 atom stereocenters. The molecule has 1 aliphatic rings. The number of alkyl halides is 3. The van der Waals surface area contributed by atoms with Crippen LogP contribution in [0.15, 0.2) is 30.5 Å². The van der Waals surface area contributed by atoms with Crippen LogP contribution in [-0.2, 0) is 0 Å². The first-order valence-electron chi connectivity index (χ1n) is 6.37. The van der Waals surface area contributed by atoms with Gasteiger partial charge in [-0.25, -0.2) is 4.98 Å². The van der Waals surface area contributed by atoms with Gasteiger partial charge in [0.05, 0.1) is 0 Å². The van der Waals surface area contributed by atoms with Gasteiger partial charge in [0.1, 0.15) is 0 Å². The van der Waals surface area contributed by atoms with Crippen LogP contribution in [0.1, 0.15) is 12.8 Å². The predicted molar refractivity (Wildman–Crippen MR) is 69.9 cm³/mol. The fourth-order valence-corrected chi connectivity index (χ4v) is 2.02. The molecule has 0 unspecified atom stereocenters. The smallest absolute Gasteiger partial charge is 0.422 e. The molecule has 106 valence electrons. The molecule has 20 heavy (non-hydrogen) atoms. The van der Waals surface area contributed by atoms with Crippen molar-refractivity contribution in [2.24, 2.45) is 0 Å². The molecule has 3 rings (SSSR count). The Morgan fingerprint density at radius 2 is 2.00 bits per heavy atom. The molecule has 1 aromatic carbocycles. The van der Waals surface area contributed by atoms with Gasteiger partial charge < -0.3 is 10.1 Å². The molecule has 6 heteroatoms. The number of pyridine rings is 1. The van der Waals surface area contributed by atoms with Crippen LogP contribution < -0.4 is 10.1 Å². The summed E-state index contributed by atoms with van der Waals surface area (Å²) in [6, 6.07) is 7.66. The van der Waals surface area contributed by atoms with Crippen molar-refractivity contribution in [3.8, 4) is 5.88 Å². The minimum atomic E-state index is -4.37. The number of nitrogens with one attached hydrogen (secondary N) is 1. The number of ether oxygens (including phenoxy) is 1. The zero-order valence-corrected chi connectivity index (χ0v) is 10.6. The Morgan fingerprint density at radius 3 is 2.70 bits per heavy atom. The number of anilines is 1. The summed E-state index contributed by atoms with van der Waals surface area (Å²) in [5.74, 6) is 0.0132. The first-order chi connectivity index (χ1) is 9.53. The van der Waals surface area contributed by atoms with Gasteiger partial charge in [0, 0.05) is 28.7 Å². The summed E-state index contributed by atoms with van der Waals surface area (Å²) in [6.07, 6.45) is -0.655. The average molecular weight is 282 g/mol. The Morgan fingerprint density at radius 1 is 1.20 bits per heavy atom. The summed E-state index contributed by atoms with van der Waals surface area (Å²) in [7, 11) is 0. The van der Waals surface area contributed by atoms with Gasteiger partial charge in [-0.15, -0.1) is 0 Å². The number of aromatic nitrogens is 1. The quantitative estimate of drug-likeness (QED) is 0.927. The molecular formula is C14H13F3N2O. The first kappa shape index (κ1) is 13.0. The molecule has 0 bridgehead atoms. The van der Waals surface area contributed by atoms with Gasteiger partial charge in [0.2, 0.25) is 5.88 Å². The van der Waals surface area contributed by atoms with Gasteiger partial charge in [0.15, 0.2) is 6.61 Å². The molecule has 0 spiro atoms. The summed E-state index contributed by atoms with van der Waals surface area (Å²) in [6.45, 7) is -1.33. The molecule has 1 N–H and O–H groups in total. The van der Waals surface area contributed by atoms with Crippen molar-refractivity contribution >= 4 is 16.5 Å². The molecule has 1 fully saturated rings. The molecule has 0 aliphatic heterocycles. The second-order valence-electron chi connectivity index (χ2n) is 4.84. The van der Waals surface area contributed by atoms with Crippen LogP contribution in [0.4, 0.5) is 18.9 Å². The van der Waals surface area contributed by atoms with Crippen LogP contribution in [-0.4, -0.2) is 23.8 Å². The van der Waals surface area contributed by atoms with Crippen LogP contribution in [0, 0.1) is 0 Å². The van der Waals surface area contributed by atoms with Crippen molar-refractivity contribution < 1.29 is 17.9 Å². The number of fused-ring (bicyclic) bond motifs is 1. The van der Waals surface area contributed by atoms with Crippen molar-refractivity contribution in [1.82, 2.24) is 4.98 Å². The van der Waals surface area contributed by atoms with E-state index in [4.69, 9.17) is 4.74 Å². The molecule has 0 amide bonds. The standard InChI is InChI=1S/C14H13F3N2O/c15-14(16,17)8-20-13-11-2-1-3-12(19-9-4-5-9)10(11)6-7-18-13/h1-3,6-7,9,19H,4-5,8H2. The van der Waals surface area contributed by atoms with Crippen molar-refractivity contribution in [2.75, 3.05) is 11.9 Å². The molecule has 3 nitrogen and oxygen atoms in total. The molecule has 1 saturated carbocycles. The fraction of sp³-hybridized carbons (Fsp3) is 0.357. The highest BCUT2D eigenvalue weighted by Crippen LogP contribution is 2.33. The molecule has 1 aliphatic carbocycles. The summed E-state index contributed by atoms with van der Waals surface area (Å²) in [5.41, 5.74) is 0.907. The first-order valence-corrected chi connectivity index (χ1v) is 6.37. The Bertz CT molecular complexity index is 623. The number of hydrogen-bond acceptors (Lipinski definition) is 3. The maximum atomic E-state index is 12.2. The zero-order valence-electron chi connectivity index (χ0n) is 10.6. The largest absolute Gasteiger partial charge is 0.468 e. The van der Waals surface area contributed by atoms with Crippen molar-refractivity contribution in [2.45, 2.75) is 25.1 Å². The van der Waals surface area contributed by atoms with Crippen LogP contribution in [0.3, 0.4) is 0 Å². The highest BCUT2D eigenvalue weighted by Gasteiger charge is 2.29. The maximum absolute atomic E-state index is 12.2. The van der Waals surface area contributed by atoms with Gasteiger partial charge in [-0.1, -0.05) is 6.07 Å². The molecular weight excluding hydrogens is 269 g/mol. The Labute approximate surface area is 113 Å². The fourth-order valence-electron chi connectivity index (χ4n) is 2.02. The van der Waals surface area contributed by atoms with E-state index in [1.807, 2.05) is 6.07 Å². The molecule has 0 saturated heterocycles. The van der Waals surface area contributed by atoms with Crippen LogP contribution in [0.2, 0.25) is 0 Å². The number of halogens is 3. The predicted octanol–water partition coefficient (Wildman–Crippen LogP) is 3.75. The zero-order chi connectivity index (χ0) is 14.2. The van der Waals surface area contributed by atoms with E-state index in [0.29, 0.717) is 11.4 Å². The number of rotatable bonds is 4. The maximum Gasteiger partial charge on any atom is 0.422 e. The van der Waals surface area contributed by atoms with Gasteiger partial charge in [-0.05, 0) is 31.0 Å². The lowest BCUT2D eigenvalue weighted by molar-refractivity contribution is -0.153. The second kappa shape index (κ2) is 4.85. The second-order valence-corrected chi connectivity index (χ2v) is 4.84. The van der Waals surface area contributed by atoms with E-state index in [0.717, 1.165) is 23.9 Å². The molecule has 1 heterocycles. The van der Waals surface area contributed by atoms with E-state index in [1.54, 1.807) is 18.2 Å². The van der Waals surface area contributed by atoms with Gasteiger partial charge in [0.25, 0.3) is 0 Å². The average Bonchev–Trinajstić information content (AvgIpc) is 3.20. The van der Waals surface area contributed by atoms with Crippen LogP contribution in [0.5, 0.6) is 5.88 Å². The molecule has 0 radical (unpaired) electrons. The number of benzene rings is 1. The van der Waals surface area contributed by atoms with E-state index >= 15 is 0 Å². The molecule has 2 aromatic rings. The van der Waals surface area contributed by atoms with Crippen molar-refractivity contribution in [1.29, 1.82) is 0 Å². The van der Waals surface area contributed by atoms with Crippen LogP contribution in [0.25, 0.3) is 10.8 Å². The van der Waals surface area contributed by atoms with E-state index < -0.39 is 12.8 Å². The van der Waals surface area contributed by atoms with E-state index in [9.17, 15) is 13.2 Å². The molecule has 1 aromatic heterocycles. The van der Waals surface area contributed by atoms with E-state index in [2.05, 4.69) is 10.3 Å². The Hall–Kier alpha value is -1.98. The highest BCUT2D eigenvalue weighted by molar-refractivity contribution is 5.96. The summed E-state index contributed by atoms with van der Waals surface area (Å²) in [4.78, 5) is 3.90. The number of nitrogens with zero attached hydrogens (tertiary/aromatic N) is 1. The normalized spacial score (nSPS) is 15.3. The third-order valence-corrected chi connectivity index (χ3v) is 3.08. The third kappa shape index (κ3) is 2.95. The van der Waals surface area contributed by atoms with Gasteiger partial charge in [-0.2, -0.15) is 13.2 Å². The van der Waals surface area contributed by atoms with Crippen molar-refractivity contribution in [3.63, 3.8) is 0 Å². The van der Waals surface area contributed by atoms with E-state index in [1.165, 1.54) is 6.20 Å². The minimum absolute atomic E-state index is 0.0132. The Balaban J connectivity index is 1.92. The third-order valence-electron chi connectivity index (χ3n) is 3.08. The summed E-state index contributed by atoms with van der Waals surface area (Å²) < 4.78 is 41.5. The summed E-state index contributed by atoms with van der Waals surface area (Å²) in [5, 5.41) is 4.76. The lowest BCUT2D eigenvalue weighted by Gasteiger charge is -2.13.